The van der Waals surface area contributed by atoms with Crippen LogP contribution in [0.4, 0.5) is 4.39 Å². The molecule has 0 bridgehead atoms. The minimum atomic E-state index is -3.35. The molecular formula is C25H21FO4S. The summed E-state index contributed by atoms with van der Waals surface area (Å²) in [6, 6.07) is 20.0. The predicted octanol–water partition coefficient (Wildman–Crippen LogP) is 5.14. The lowest BCUT2D eigenvalue weighted by atomic mass is 9.91. The van der Waals surface area contributed by atoms with Crippen LogP contribution in [-0.4, -0.2) is 26.1 Å². The van der Waals surface area contributed by atoms with Crippen molar-refractivity contribution >= 4 is 27.0 Å². The molecule has 1 heterocycles. The van der Waals surface area contributed by atoms with E-state index in [1.165, 1.54) is 18.2 Å². The number of Topliss-reactive ketones (excluding diaryl/α,β-unsaturated/α-hetero) is 1. The molecule has 0 saturated heterocycles. The minimum Gasteiger partial charge on any atom is -0.478 e. The Balaban J connectivity index is 1.83. The summed E-state index contributed by atoms with van der Waals surface area (Å²) in [6.45, 7) is 3.31. The molecule has 1 aliphatic heterocycles. The topological polar surface area (TPSA) is 60.4 Å². The van der Waals surface area contributed by atoms with Crippen molar-refractivity contribution in [3.05, 3.63) is 89.7 Å². The molecule has 31 heavy (non-hydrogen) atoms. The molecule has 3 aromatic rings. The number of ketones is 1. The Kier molecular flexibility index (Phi) is 5.06. The minimum absolute atomic E-state index is 0.167. The SMILES string of the molecule is CC1(C)OC(c2ccc(S(C)(=O)=O)cc2)=C(c2ccc(-c3ccccc3)c(F)c2)C1=O. The van der Waals surface area contributed by atoms with Gasteiger partial charge >= 0.3 is 0 Å². The summed E-state index contributed by atoms with van der Waals surface area (Å²) in [7, 11) is -3.35. The first-order valence-corrected chi connectivity index (χ1v) is 11.6. The number of hydrogen-bond acceptors (Lipinski definition) is 4. The fraction of sp³-hybridized carbons (Fsp3) is 0.160. The molecule has 0 aliphatic carbocycles. The van der Waals surface area contributed by atoms with Crippen LogP contribution in [0.15, 0.2) is 77.7 Å². The highest BCUT2D eigenvalue weighted by Crippen LogP contribution is 2.42. The Bertz CT molecular complexity index is 1310. The van der Waals surface area contributed by atoms with Crippen molar-refractivity contribution in [2.45, 2.75) is 24.3 Å². The van der Waals surface area contributed by atoms with Gasteiger partial charge in [0.1, 0.15) is 11.6 Å². The summed E-state index contributed by atoms with van der Waals surface area (Å²) in [5.74, 6) is -0.399. The lowest BCUT2D eigenvalue weighted by Crippen LogP contribution is -2.29. The third-order valence-electron chi connectivity index (χ3n) is 5.25. The van der Waals surface area contributed by atoms with Gasteiger partial charge in [-0.05, 0) is 55.3 Å². The van der Waals surface area contributed by atoms with Crippen LogP contribution in [0.2, 0.25) is 0 Å². The summed E-state index contributed by atoms with van der Waals surface area (Å²) in [4.78, 5) is 13.3. The molecule has 0 atom stereocenters. The van der Waals surface area contributed by atoms with E-state index in [2.05, 4.69) is 0 Å². The lowest BCUT2D eigenvalue weighted by molar-refractivity contribution is -0.125. The normalized spacial score (nSPS) is 15.8. The highest BCUT2D eigenvalue weighted by atomic mass is 32.2. The molecule has 0 spiro atoms. The molecule has 0 fully saturated rings. The molecule has 4 rings (SSSR count). The van der Waals surface area contributed by atoms with Crippen LogP contribution in [0.5, 0.6) is 0 Å². The van der Waals surface area contributed by atoms with Crippen LogP contribution in [0.3, 0.4) is 0 Å². The smallest absolute Gasteiger partial charge is 0.210 e. The Morgan fingerprint density at radius 3 is 2.03 bits per heavy atom. The summed E-state index contributed by atoms with van der Waals surface area (Å²) in [5.41, 5.74) is 1.30. The van der Waals surface area contributed by atoms with E-state index in [1.54, 1.807) is 38.1 Å². The second-order valence-electron chi connectivity index (χ2n) is 8.00. The van der Waals surface area contributed by atoms with Crippen molar-refractivity contribution in [1.82, 2.24) is 0 Å². The molecule has 0 radical (unpaired) electrons. The van der Waals surface area contributed by atoms with Crippen LogP contribution >= 0.6 is 0 Å². The van der Waals surface area contributed by atoms with Gasteiger partial charge in [-0.1, -0.05) is 42.5 Å². The van der Waals surface area contributed by atoms with Crippen LogP contribution in [0, 0.1) is 5.82 Å². The van der Waals surface area contributed by atoms with E-state index < -0.39 is 21.3 Å². The first-order chi connectivity index (χ1) is 14.6. The van der Waals surface area contributed by atoms with Gasteiger partial charge in [0.05, 0.1) is 10.5 Å². The number of hydrogen-bond donors (Lipinski definition) is 0. The fourth-order valence-electron chi connectivity index (χ4n) is 3.60. The monoisotopic (exact) mass is 436 g/mol. The third kappa shape index (κ3) is 3.91. The number of rotatable bonds is 4. The average molecular weight is 437 g/mol. The lowest BCUT2D eigenvalue weighted by Gasteiger charge is -2.18. The van der Waals surface area contributed by atoms with Gasteiger partial charge in [0.2, 0.25) is 5.78 Å². The highest BCUT2D eigenvalue weighted by Gasteiger charge is 2.43. The maximum Gasteiger partial charge on any atom is 0.210 e. The van der Waals surface area contributed by atoms with Gasteiger partial charge in [-0.25, -0.2) is 12.8 Å². The van der Waals surface area contributed by atoms with E-state index in [4.69, 9.17) is 4.74 Å². The molecule has 1 aliphatic rings. The first-order valence-electron chi connectivity index (χ1n) is 9.72. The fourth-order valence-corrected chi connectivity index (χ4v) is 4.23. The molecule has 0 unspecified atom stereocenters. The quantitative estimate of drug-likeness (QED) is 0.568. The molecular weight excluding hydrogens is 415 g/mol. The standard InChI is InChI=1S/C25H21FO4S/c1-25(2)24(27)22(23(30-25)17-9-12-19(13-10-17)31(3,28)29)18-11-14-20(21(26)15-18)16-7-5-4-6-8-16/h4-15H,1-3H3. The number of carbonyl (C=O) groups excluding carboxylic acids is 1. The molecule has 158 valence electrons. The number of halogens is 1. The zero-order valence-electron chi connectivity index (χ0n) is 17.3. The zero-order valence-corrected chi connectivity index (χ0v) is 18.2. The van der Waals surface area contributed by atoms with Gasteiger partial charge in [0.25, 0.3) is 0 Å². The molecule has 4 nitrogen and oxygen atoms in total. The van der Waals surface area contributed by atoms with Gasteiger partial charge < -0.3 is 4.74 Å². The van der Waals surface area contributed by atoms with E-state index in [9.17, 15) is 17.6 Å². The maximum atomic E-state index is 15.0. The number of benzene rings is 3. The van der Waals surface area contributed by atoms with E-state index in [-0.39, 0.29) is 16.3 Å². The second-order valence-corrected chi connectivity index (χ2v) is 10.0. The molecule has 0 N–H and O–H groups in total. The van der Waals surface area contributed by atoms with Crippen molar-refractivity contribution in [1.29, 1.82) is 0 Å². The number of sulfone groups is 1. The molecule has 0 amide bonds. The Hall–Kier alpha value is -3.25. The highest BCUT2D eigenvalue weighted by molar-refractivity contribution is 7.90. The van der Waals surface area contributed by atoms with Crippen molar-refractivity contribution in [2.24, 2.45) is 0 Å². The van der Waals surface area contributed by atoms with Crippen molar-refractivity contribution < 1.29 is 22.3 Å². The number of ether oxygens (including phenoxy) is 1. The summed E-state index contributed by atoms with van der Waals surface area (Å²) < 4.78 is 44.4. The molecule has 0 aromatic heterocycles. The molecule has 3 aromatic carbocycles. The Morgan fingerprint density at radius 2 is 1.45 bits per heavy atom. The van der Waals surface area contributed by atoms with Crippen molar-refractivity contribution in [2.75, 3.05) is 6.26 Å². The molecule has 0 saturated carbocycles. The van der Waals surface area contributed by atoms with Gasteiger partial charge in [-0.15, -0.1) is 0 Å². The second kappa shape index (κ2) is 7.46. The predicted molar refractivity (Wildman–Crippen MR) is 118 cm³/mol. The summed E-state index contributed by atoms with van der Waals surface area (Å²) in [6.07, 6.45) is 1.13. The summed E-state index contributed by atoms with van der Waals surface area (Å²) >= 11 is 0. The molecule has 6 heteroatoms. The summed E-state index contributed by atoms with van der Waals surface area (Å²) in [5, 5.41) is 0. The zero-order chi connectivity index (χ0) is 22.4. The first kappa shape index (κ1) is 21.0. The Morgan fingerprint density at radius 1 is 0.839 bits per heavy atom. The average Bonchev–Trinajstić information content (AvgIpc) is 2.97. The largest absolute Gasteiger partial charge is 0.478 e. The van der Waals surface area contributed by atoms with Crippen LogP contribution in [-0.2, 0) is 19.4 Å². The van der Waals surface area contributed by atoms with E-state index in [0.717, 1.165) is 11.8 Å². The van der Waals surface area contributed by atoms with Gasteiger partial charge in [-0.3, -0.25) is 4.79 Å². The Labute approximate surface area is 180 Å². The van der Waals surface area contributed by atoms with E-state index >= 15 is 0 Å². The van der Waals surface area contributed by atoms with Gasteiger partial charge in [0, 0.05) is 17.4 Å². The van der Waals surface area contributed by atoms with E-state index in [1.807, 2.05) is 30.3 Å². The number of carbonyl (C=O) groups is 1. The van der Waals surface area contributed by atoms with Gasteiger partial charge in [0.15, 0.2) is 15.4 Å². The maximum absolute atomic E-state index is 15.0. The van der Waals surface area contributed by atoms with E-state index in [0.29, 0.717) is 22.4 Å². The third-order valence-corrected chi connectivity index (χ3v) is 6.37. The van der Waals surface area contributed by atoms with Crippen molar-refractivity contribution in [3.8, 4) is 11.1 Å². The van der Waals surface area contributed by atoms with Crippen molar-refractivity contribution in [3.63, 3.8) is 0 Å². The van der Waals surface area contributed by atoms with Crippen LogP contribution in [0.1, 0.15) is 25.0 Å². The van der Waals surface area contributed by atoms with Crippen LogP contribution < -0.4 is 0 Å². The van der Waals surface area contributed by atoms with Gasteiger partial charge in [-0.2, -0.15) is 0 Å². The van der Waals surface area contributed by atoms with Crippen LogP contribution in [0.25, 0.3) is 22.5 Å².